The topological polar surface area (TPSA) is 46.5 Å². The molecule has 0 bridgehead atoms. The Morgan fingerprint density at radius 2 is 2.24 bits per heavy atom. The molecule has 0 heterocycles. The van der Waals surface area contributed by atoms with E-state index in [9.17, 15) is 9.90 Å². The molecule has 1 aliphatic rings. The van der Waals surface area contributed by atoms with Gasteiger partial charge in [0.25, 0.3) is 0 Å². The number of aryl methyl sites for hydroxylation is 1. The second-order valence-electron chi connectivity index (χ2n) is 4.63. The summed E-state index contributed by atoms with van der Waals surface area (Å²) in [5.41, 5.74) is 0.789. The first-order valence-corrected chi connectivity index (χ1v) is 6.09. The zero-order valence-electron chi connectivity index (χ0n) is 10.3. The molecule has 1 aromatic rings. The molecule has 1 aromatic carbocycles. The number of ether oxygens (including phenoxy) is 1. The lowest BCUT2D eigenvalue weighted by atomic mass is 9.95. The number of fused-ring (bicyclic) bond motifs is 1. The maximum atomic E-state index is 11.6. The van der Waals surface area contributed by atoms with Crippen molar-refractivity contribution in [1.29, 1.82) is 0 Å². The summed E-state index contributed by atoms with van der Waals surface area (Å²) in [5, 5.41) is 9.53. The van der Waals surface area contributed by atoms with Gasteiger partial charge in [0.05, 0.1) is 6.10 Å². The van der Waals surface area contributed by atoms with E-state index in [0.717, 1.165) is 24.0 Å². The number of benzene rings is 1. The summed E-state index contributed by atoms with van der Waals surface area (Å²) < 4.78 is 5.84. The third-order valence-electron chi connectivity index (χ3n) is 3.52. The van der Waals surface area contributed by atoms with Crippen molar-refractivity contribution < 1.29 is 14.6 Å². The van der Waals surface area contributed by atoms with E-state index in [4.69, 9.17) is 4.74 Å². The van der Waals surface area contributed by atoms with Gasteiger partial charge in [0, 0.05) is 0 Å². The van der Waals surface area contributed by atoms with E-state index in [1.165, 1.54) is 0 Å². The van der Waals surface area contributed by atoms with Crippen LogP contribution in [0.15, 0.2) is 24.3 Å². The highest BCUT2D eigenvalue weighted by Crippen LogP contribution is 2.41. The normalized spacial score (nSPS) is 24.4. The van der Waals surface area contributed by atoms with Gasteiger partial charge in [0.1, 0.15) is 0 Å². The predicted octanol–water partition coefficient (Wildman–Crippen LogP) is 2.73. The molecule has 0 saturated carbocycles. The Bertz CT molecular complexity index is 427. The first kappa shape index (κ1) is 12.1. The van der Waals surface area contributed by atoms with Crippen LogP contribution in [0.25, 0.3) is 0 Å². The number of carboxylic acid groups (broad SMARTS) is 1. The van der Waals surface area contributed by atoms with Crippen LogP contribution in [-0.4, -0.2) is 17.2 Å². The minimum Gasteiger partial charge on any atom is -0.479 e. The van der Waals surface area contributed by atoms with Crippen molar-refractivity contribution in [2.45, 2.75) is 44.8 Å². The van der Waals surface area contributed by atoms with Crippen molar-refractivity contribution in [3.05, 3.63) is 35.4 Å². The maximum absolute atomic E-state index is 11.6. The van der Waals surface area contributed by atoms with Crippen molar-refractivity contribution in [3.8, 4) is 0 Å². The zero-order chi connectivity index (χ0) is 12.5. The van der Waals surface area contributed by atoms with Crippen LogP contribution in [0.3, 0.4) is 0 Å². The lowest BCUT2D eigenvalue weighted by Crippen LogP contribution is -2.39. The summed E-state index contributed by atoms with van der Waals surface area (Å²) >= 11 is 0. The van der Waals surface area contributed by atoms with Gasteiger partial charge in [-0.1, -0.05) is 31.2 Å². The van der Waals surface area contributed by atoms with Gasteiger partial charge in [-0.3, -0.25) is 0 Å². The van der Waals surface area contributed by atoms with E-state index >= 15 is 0 Å². The molecule has 92 valence electrons. The second-order valence-corrected chi connectivity index (χ2v) is 4.63. The van der Waals surface area contributed by atoms with Crippen LogP contribution in [0, 0.1) is 0 Å². The highest BCUT2D eigenvalue weighted by molar-refractivity contribution is 5.81. The van der Waals surface area contributed by atoms with E-state index in [0.29, 0.717) is 6.42 Å². The fourth-order valence-electron chi connectivity index (χ4n) is 2.40. The third kappa shape index (κ3) is 1.95. The molecule has 3 nitrogen and oxygen atoms in total. The zero-order valence-corrected chi connectivity index (χ0v) is 10.3. The molecule has 0 fully saturated rings. The van der Waals surface area contributed by atoms with Crippen LogP contribution in [0.5, 0.6) is 0 Å². The number of hydrogen-bond donors (Lipinski definition) is 1. The maximum Gasteiger partial charge on any atom is 0.340 e. The van der Waals surface area contributed by atoms with Gasteiger partial charge in [-0.15, -0.1) is 0 Å². The number of rotatable bonds is 4. The van der Waals surface area contributed by atoms with E-state index < -0.39 is 11.6 Å². The van der Waals surface area contributed by atoms with Gasteiger partial charge in [-0.25, -0.2) is 4.79 Å². The Hall–Kier alpha value is -1.35. The van der Waals surface area contributed by atoms with Crippen LogP contribution in [0.1, 0.15) is 37.8 Å². The monoisotopic (exact) mass is 234 g/mol. The lowest BCUT2D eigenvalue weighted by molar-refractivity contribution is -0.175. The summed E-state index contributed by atoms with van der Waals surface area (Å²) in [5.74, 6) is -0.872. The first-order valence-electron chi connectivity index (χ1n) is 6.09. The number of aliphatic carboxylic acids is 1. The van der Waals surface area contributed by atoms with Gasteiger partial charge in [-0.05, 0) is 37.3 Å². The van der Waals surface area contributed by atoms with Crippen molar-refractivity contribution in [3.63, 3.8) is 0 Å². The molecule has 2 unspecified atom stereocenters. The van der Waals surface area contributed by atoms with Gasteiger partial charge in [0.2, 0.25) is 0 Å². The van der Waals surface area contributed by atoms with E-state index in [2.05, 4.69) is 0 Å². The molecule has 0 aromatic heterocycles. The summed E-state index contributed by atoms with van der Waals surface area (Å²) in [6.07, 6.45) is 2.08. The van der Waals surface area contributed by atoms with Crippen LogP contribution in [0.2, 0.25) is 0 Å². The van der Waals surface area contributed by atoms with Gasteiger partial charge in [-0.2, -0.15) is 0 Å². The highest BCUT2D eigenvalue weighted by Gasteiger charge is 2.47. The van der Waals surface area contributed by atoms with Crippen molar-refractivity contribution >= 4 is 5.97 Å². The van der Waals surface area contributed by atoms with Crippen LogP contribution in [0.4, 0.5) is 0 Å². The third-order valence-corrected chi connectivity index (χ3v) is 3.52. The Labute approximate surface area is 101 Å². The summed E-state index contributed by atoms with van der Waals surface area (Å²) in [6, 6.07) is 7.68. The number of carboxylic acids is 1. The van der Waals surface area contributed by atoms with Gasteiger partial charge >= 0.3 is 5.97 Å². The Balaban J connectivity index is 2.41. The Morgan fingerprint density at radius 3 is 2.88 bits per heavy atom. The van der Waals surface area contributed by atoms with Crippen molar-refractivity contribution in [1.82, 2.24) is 0 Å². The molecule has 2 rings (SSSR count). The van der Waals surface area contributed by atoms with Crippen LogP contribution in [-0.2, 0) is 21.6 Å². The minimum atomic E-state index is -1.13. The van der Waals surface area contributed by atoms with Crippen LogP contribution < -0.4 is 0 Å². The quantitative estimate of drug-likeness (QED) is 0.871. The Kier molecular flexibility index (Phi) is 3.20. The standard InChI is InChI=1S/C14H18O3/c1-3-10(2)17-14(13(15)16)9-8-11-6-4-5-7-12(11)14/h4-7,10H,3,8-9H2,1-2H3,(H,15,16). The summed E-state index contributed by atoms with van der Waals surface area (Å²) in [4.78, 5) is 11.6. The minimum absolute atomic E-state index is 0.0442. The van der Waals surface area contributed by atoms with E-state index in [1.54, 1.807) is 0 Å². The number of hydrogen-bond acceptors (Lipinski definition) is 2. The first-order chi connectivity index (χ1) is 8.10. The average molecular weight is 234 g/mol. The number of carbonyl (C=O) groups is 1. The van der Waals surface area contributed by atoms with Crippen LogP contribution >= 0.6 is 0 Å². The molecule has 0 spiro atoms. The molecule has 17 heavy (non-hydrogen) atoms. The molecule has 0 saturated heterocycles. The largest absolute Gasteiger partial charge is 0.479 e. The molecule has 0 aliphatic heterocycles. The molecular weight excluding hydrogens is 216 g/mol. The lowest BCUT2D eigenvalue weighted by Gasteiger charge is -2.29. The van der Waals surface area contributed by atoms with Crippen molar-refractivity contribution in [2.75, 3.05) is 0 Å². The molecule has 0 amide bonds. The summed E-state index contributed by atoms with van der Waals surface area (Å²) in [6.45, 7) is 3.92. The molecule has 1 aliphatic carbocycles. The smallest absolute Gasteiger partial charge is 0.340 e. The summed E-state index contributed by atoms with van der Waals surface area (Å²) in [7, 11) is 0. The molecular formula is C14H18O3. The molecule has 2 atom stereocenters. The molecule has 3 heteroatoms. The molecule has 0 radical (unpaired) electrons. The van der Waals surface area contributed by atoms with Crippen molar-refractivity contribution in [2.24, 2.45) is 0 Å². The SMILES string of the molecule is CCC(C)OC1(C(=O)O)CCc2ccccc21. The predicted molar refractivity (Wildman–Crippen MR) is 64.9 cm³/mol. The van der Waals surface area contributed by atoms with Gasteiger partial charge in [0.15, 0.2) is 5.60 Å². The molecule has 1 N–H and O–H groups in total. The second kappa shape index (κ2) is 4.49. The highest BCUT2D eigenvalue weighted by atomic mass is 16.5. The Morgan fingerprint density at radius 1 is 1.53 bits per heavy atom. The average Bonchev–Trinajstić information content (AvgIpc) is 2.70. The van der Waals surface area contributed by atoms with E-state index in [-0.39, 0.29) is 6.10 Å². The fraction of sp³-hybridized carbons (Fsp3) is 0.500. The fourth-order valence-corrected chi connectivity index (χ4v) is 2.40. The van der Waals surface area contributed by atoms with Gasteiger partial charge < -0.3 is 9.84 Å². The van der Waals surface area contributed by atoms with E-state index in [1.807, 2.05) is 38.1 Å².